The van der Waals surface area contributed by atoms with Gasteiger partial charge in [0.2, 0.25) is 0 Å². The molecule has 0 saturated carbocycles. The van der Waals surface area contributed by atoms with Crippen molar-refractivity contribution in [2.75, 3.05) is 0 Å². The number of benzene rings is 3. The van der Waals surface area contributed by atoms with Gasteiger partial charge >= 0.3 is 8.25 Å². The maximum absolute atomic E-state index is 8.74. The molecular weight excluding hydrogens is 443 g/mol. The molecule has 0 bridgehead atoms. The highest BCUT2D eigenvalue weighted by molar-refractivity contribution is 7.30. The van der Waals surface area contributed by atoms with Crippen LogP contribution in [0.4, 0.5) is 0 Å². The number of aromatic nitrogens is 2. The minimum absolute atomic E-state index is 0.984. The number of hydrogen-bond acceptors (Lipinski definition) is 2. The fourth-order valence-corrected chi connectivity index (χ4v) is 4.04. The van der Waals surface area contributed by atoms with E-state index in [9.17, 15) is 0 Å². The van der Waals surface area contributed by atoms with Crippen LogP contribution in [0.3, 0.4) is 0 Å². The highest BCUT2D eigenvalue weighted by atomic mass is 31.1. The normalized spacial score (nSPS) is 10.7. The molecule has 1 aromatic heterocycles. The maximum Gasteiger partial charge on any atom is 0.314 e. The minimum atomic E-state index is -3.13. The van der Waals surface area contributed by atoms with Gasteiger partial charge in [-0.15, -0.1) is 0 Å². The Morgan fingerprint density at radius 3 is 1.71 bits per heavy atom. The quantitative estimate of drug-likeness (QED) is 0.198. The summed E-state index contributed by atoms with van der Waals surface area (Å²) in [7, 11) is -3.13. The minimum Gasteiger partial charge on any atom is -0.326 e. The van der Waals surface area contributed by atoms with Gasteiger partial charge in [0.25, 0.3) is 0 Å². The van der Waals surface area contributed by atoms with Crippen LogP contribution in [-0.2, 0) is 11.1 Å². The molecule has 6 heteroatoms. The van der Waals surface area contributed by atoms with Crippen LogP contribution in [0.25, 0.3) is 33.9 Å². The van der Waals surface area contributed by atoms with Gasteiger partial charge < -0.3 is 14.4 Å². The van der Waals surface area contributed by atoms with E-state index in [0.717, 1.165) is 18.1 Å². The highest BCUT2D eigenvalue weighted by Gasteiger charge is 2.20. The fourth-order valence-electron chi connectivity index (χ4n) is 4.04. The molecule has 178 valence electrons. The lowest BCUT2D eigenvalue weighted by Gasteiger charge is -2.13. The van der Waals surface area contributed by atoms with Crippen LogP contribution in [0, 0.1) is 0 Å². The summed E-state index contributed by atoms with van der Waals surface area (Å²) in [6, 6.07) is 31.9. The van der Waals surface area contributed by atoms with Gasteiger partial charge in [-0.05, 0) is 6.42 Å². The number of unbranched alkanes of at least 4 members (excludes halogenated alkanes) is 4. The average molecular weight is 477 g/mol. The van der Waals surface area contributed by atoms with Crippen molar-refractivity contribution in [2.45, 2.75) is 45.6 Å². The molecule has 3 aromatic carbocycles. The summed E-state index contributed by atoms with van der Waals surface area (Å²) in [6.45, 7) is 3.25. The smallest absolute Gasteiger partial charge is 0.314 e. The molecule has 4 rings (SSSR count). The van der Waals surface area contributed by atoms with E-state index in [1.54, 1.807) is 0 Å². The summed E-state index contributed by atoms with van der Waals surface area (Å²) >= 11 is 0. The molecule has 0 unspecified atom stereocenters. The summed E-state index contributed by atoms with van der Waals surface area (Å²) < 4.78 is 11.2. The lowest BCUT2D eigenvalue weighted by Crippen LogP contribution is -2.03. The molecule has 5 nitrogen and oxygen atoms in total. The third-order valence-electron chi connectivity index (χ3n) is 5.58. The Hall–Kier alpha value is -2.98. The first-order valence-corrected chi connectivity index (χ1v) is 13.1. The topological polar surface area (TPSA) is 75.4 Å². The Morgan fingerprint density at radius 1 is 0.706 bits per heavy atom. The van der Waals surface area contributed by atoms with E-state index in [0.29, 0.717) is 0 Å². The highest BCUT2D eigenvalue weighted by Crippen LogP contribution is 2.36. The zero-order valence-electron chi connectivity index (χ0n) is 19.6. The standard InChI is InChI=1S/C28H30N2.H3O3P/c1-2-3-4-5-15-22-30-27(24-18-11-7-12-19-24)26(23-16-9-6-10-17-23)29-28(30)25-20-13-8-14-21-25;1-4(2)3/h6-14,16-21H,2-5,15,22H2,1H3;4H,(H2,1,2,3). The lowest BCUT2D eigenvalue weighted by molar-refractivity contribution is 0.405. The Morgan fingerprint density at radius 2 is 1.18 bits per heavy atom. The molecule has 0 saturated heterocycles. The van der Waals surface area contributed by atoms with Crippen molar-refractivity contribution in [1.29, 1.82) is 0 Å². The van der Waals surface area contributed by atoms with Gasteiger partial charge in [-0.2, -0.15) is 0 Å². The molecular formula is C28H33N2O3P. The second-order valence-electron chi connectivity index (χ2n) is 8.08. The molecule has 0 aliphatic carbocycles. The molecule has 0 aliphatic heterocycles. The third-order valence-corrected chi connectivity index (χ3v) is 5.58. The van der Waals surface area contributed by atoms with Crippen LogP contribution in [0.1, 0.15) is 39.0 Å². The van der Waals surface area contributed by atoms with E-state index >= 15 is 0 Å². The first-order valence-electron chi connectivity index (χ1n) is 11.8. The van der Waals surface area contributed by atoms with E-state index < -0.39 is 8.25 Å². The van der Waals surface area contributed by atoms with Crippen LogP contribution in [-0.4, -0.2) is 19.3 Å². The van der Waals surface area contributed by atoms with Gasteiger partial charge in [0.05, 0.1) is 11.4 Å². The van der Waals surface area contributed by atoms with Crippen molar-refractivity contribution in [3.63, 3.8) is 0 Å². The van der Waals surface area contributed by atoms with Crippen molar-refractivity contribution in [1.82, 2.24) is 9.55 Å². The van der Waals surface area contributed by atoms with Gasteiger partial charge in [-0.3, -0.25) is 4.57 Å². The summed E-state index contributed by atoms with van der Waals surface area (Å²) in [5.41, 5.74) is 5.84. The summed E-state index contributed by atoms with van der Waals surface area (Å²) in [5.74, 6) is 1.06. The van der Waals surface area contributed by atoms with Crippen molar-refractivity contribution in [2.24, 2.45) is 0 Å². The molecule has 0 fully saturated rings. The molecule has 0 atom stereocenters. The Kier molecular flexibility index (Phi) is 10.3. The molecule has 0 aliphatic rings. The monoisotopic (exact) mass is 476 g/mol. The zero-order valence-corrected chi connectivity index (χ0v) is 20.6. The van der Waals surface area contributed by atoms with E-state index in [1.165, 1.54) is 54.5 Å². The van der Waals surface area contributed by atoms with E-state index in [2.05, 4.69) is 102 Å². The number of nitrogens with zero attached hydrogens (tertiary/aromatic N) is 2. The van der Waals surface area contributed by atoms with Gasteiger partial charge in [-0.1, -0.05) is 124 Å². The number of imidazole rings is 1. The summed E-state index contributed by atoms with van der Waals surface area (Å²) in [5, 5.41) is 0. The van der Waals surface area contributed by atoms with Gasteiger partial charge in [0.15, 0.2) is 0 Å². The Bertz CT molecular complexity index is 1140. The van der Waals surface area contributed by atoms with Crippen molar-refractivity contribution in [3.8, 4) is 33.9 Å². The molecule has 0 spiro atoms. The van der Waals surface area contributed by atoms with Crippen LogP contribution < -0.4 is 0 Å². The van der Waals surface area contributed by atoms with E-state index in [-0.39, 0.29) is 0 Å². The van der Waals surface area contributed by atoms with Crippen LogP contribution in [0.15, 0.2) is 91.0 Å². The van der Waals surface area contributed by atoms with Gasteiger partial charge in [-0.25, -0.2) is 4.98 Å². The van der Waals surface area contributed by atoms with Gasteiger partial charge in [0, 0.05) is 23.2 Å². The predicted molar refractivity (Wildman–Crippen MR) is 141 cm³/mol. The zero-order chi connectivity index (χ0) is 24.2. The molecule has 4 aromatic rings. The third kappa shape index (κ3) is 7.26. The predicted octanol–water partition coefficient (Wildman–Crippen LogP) is 7.22. The van der Waals surface area contributed by atoms with Crippen LogP contribution >= 0.6 is 8.25 Å². The molecule has 0 amide bonds. The van der Waals surface area contributed by atoms with Crippen LogP contribution in [0.2, 0.25) is 0 Å². The Balaban J connectivity index is 0.000000751. The van der Waals surface area contributed by atoms with E-state index in [4.69, 9.17) is 19.3 Å². The number of hydrogen-bond donors (Lipinski definition) is 2. The van der Waals surface area contributed by atoms with Crippen LogP contribution in [0.5, 0.6) is 0 Å². The lowest BCUT2D eigenvalue weighted by atomic mass is 10.0. The summed E-state index contributed by atoms with van der Waals surface area (Å²) in [6.07, 6.45) is 6.32. The molecule has 1 heterocycles. The number of rotatable bonds is 9. The van der Waals surface area contributed by atoms with E-state index in [1.807, 2.05) is 0 Å². The first-order chi connectivity index (χ1) is 16.6. The molecule has 0 radical (unpaired) electrons. The van der Waals surface area contributed by atoms with Gasteiger partial charge in [0.1, 0.15) is 5.82 Å². The molecule has 2 N–H and O–H groups in total. The second-order valence-corrected chi connectivity index (χ2v) is 8.64. The Labute approximate surface area is 202 Å². The fraction of sp³-hybridized carbons (Fsp3) is 0.250. The second kappa shape index (κ2) is 13.7. The van der Waals surface area contributed by atoms with Crippen molar-refractivity contribution >= 4 is 8.25 Å². The largest absolute Gasteiger partial charge is 0.326 e. The SMILES string of the molecule is CCCCCCCn1c(-c2ccccc2)nc(-c2ccccc2)c1-c1ccccc1.O=[PH](O)O. The van der Waals surface area contributed by atoms with Crippen molar-refractivity contribution < 1.29 is 14.4 Å². The summed E-state index contributed by atoms with van der Waals surface area (Å²) in [4.78, 5) is 19.5. The average Bonchev–Trinajstić information content (AvgIpc) is 3.25. The van der Waals surface area contributed by atoms with Crippen molar-refractivity contribution in [3.05, 3.63) is 91.0 Å². The molecule has 34 heavy (non-hydrogen) atoms. The first kappa shape index (κ1) is 25.6. The maximum atomic E-state index is 8.74.